The summed E-state index contributed by atoms with van der Waals surface area (Å²) in [6, 6.07) is 16.0. The van der Waals surface area contributed by atoms with E-state index in [2.05, 4.69) is 34.6 Å². The fourth-order valence-corrected chi connectivity index (χ4v) is 4.24. The molecule has 2 aromatic rings. The molecule has 0 amide bonds. The maximum atomic E-state index is 5.75. The number of hydrogen-bond acceptors (Lipinski definition) is 5. The largest absolute Gasteiger partial charge is 0.399 e. The first kappa shape index (κ1) is 24.8. The molecule has 1 aliphatic rings. The molecule has 6 nitrogen and oxygen atoms in total. The van der Waals surface area contributed by atoms with E-state index in [9.17, 15) is 0 Å². The van der Waals surface area contributed by atoms with Gasteiger partial charge in [-0.1, -0.05) is 0 Å². The summed E-state index contributed by atoms with van der Waals surface area (Å²) >= 11 is 0. The van der Waals surface area contributed by atoms with Gasteiger partial charge in [0.25, 0.3) is 0 Å². The predicted molar refractivity (Wildman–Crippen MR) is 136 cm³/mol. The van der Waals surface area contributed by atoms with Crippen molar-refractivity contribution < 1.29 is 4.48 Å². The van der Waals surface area contributed by atoms with Crippen molar-refractivity contribution >= 4 is 22.7 Å². The number of quaternary nitrogens is 1. The lowest BCUT2D eigenvalue weighted by Gasteiger charge is -2.44. The number of piperazine rings is 1. The van der Waals surface area contributed by atoms with E-state index in [0.717, 1.165) is 35.8 Å². The molecule has 0 atom stereocenters. The summed E-state index contributed by atoms with van der Waals surface area (Å²) in [5.74, 6) is 0. The second-order valence-corrected chi connectivity index (χ2v) is 8.48. The van der Waals surface area contributed by atoms with Crippen LogP contribution < -0.4 is 22.1 Å². The number of likely N-dealkylation sites (N-methyl/N-ethyl adjacent to an activating group) is 1. The maximum absolute atomic E-state index is 5.75. The van der Waals surface area contributed by atoms with Crippen LogP contribution in [0, 0.1) is 7.43 Å². The van der Waals surface area contributed by atoms with Crippen LogP contribution in [-0.4, -0.2) is 68.3 Å². The fraction of sp³-hybridized carbons (Fsp3) is 0.480. The highest BCUT2D eigenvalue weighted by Crippen LogP contribution is 2.16. The Morgan fingerprint density at radius 2 is 1.29 bits per heavy atom. The third-order valence-electron chi connectivity index (χ3n) is 6.39. The highest BCUT2D eigenvalue weighted by molar-refractivity contribution is 5.51. The van der Waals surface area contributed by atoms with E-state index < -0.39 is 0 Å². The van der Waals surface area contributed by atoms with Crippen molar-refractivity contribution in [2.75, 3.05) is 81.0 Å². The molecule has 0 saturated carbocycles. The normalized spacial score (nSPS) is 15.8. The molecular weight excluding hydrogens is 384 g/mol. The minimum atomic E-state index is 0. The highest BCUT2D eigenvalue weighted by Gasteiger charge is 2.30. The average Bonchev–Trinajstić information content (AvgIpc) is 2.78. The molecule has 6 N–H and O–H groups in total. The van der Waals surface area contributed by atoms with E-state index in [-0.39, 0.29) is 7.43 Å². The smallest absolute Gasteiger partial charge is 0.0916 e. The molecular formula is C25H42N6. The lowest BCUT2D eigenvalue weighted by molar-refractivity contribution is -0.930. The second kappa shape index (κ2) is 12.4. The minimum absolute atomic E-state index is 0. The molecule has 0 radical (unpaired) electrons. The quantitative estimate of drug-likeness (QED) is 0.190. The first-order valence-electron chi connectivity index (χ1n) is 11.3. The molecule has 0 bridgehead atoms. The molecule has 6 heteroatoms. The standard InChI is InChI=1S/C24H39N6.CH3/c1-2-30(18-4-14-28-24-11-7-22(26)8-12-24)19-16-29(17-20-30)15-3-13-27-23-9-5-21(25)6-10-23;/h5-12,27-28H,2-4,13-20,25-26H2,1H3;1H3/q+1;-1. The second-order valence-electron chi connectivity index (χ2n) is 8.48. The Balaban J connectivity index is 0.00000341. The summed E-state index contributed by atoms with van der Waals surface area (Å²) in [7, 11) is 0. The number of anilines is 4. The number of nitrogens with one attached hydrogen (secondary N) is 2. The van der Waals surface area contributed by atoms with Gasteiger partial charge in [-0.15, -0.1) is 0 Å². The first-order valence-corrected chi connectivity index (χ1v) is 11.3. The van der Waals surface area contributed by atoms with Gasteiger partial charge in [0.2, 0.25) is 0 Å². The summed E-state index contributed by atoms with van der Waals surface area (Å²) in [5, 5.41) is 7.01. The van der Waals surface area contributed by atoms with Crippen LogP contribution in [0.2, 0.25) is 0 Å². The van der Waals surface area contributed by atoms with Gasteiger partial charge in [-0.3, -0.25) is 4.90 Å². The summed E-state index contributed by atoms with van der Waals surface area (Å²) < 4.78 is 1.25. The molecule has 1 heterocycles. The zero-order chi connectivity index (χ0) is 21.2. The maximum Gasteiger partial charge on any atom is 0.0916 e. The van der Waals surface area contributed by atoms with Crippen molar-refractivity contribution in [3.8, 4) is 0 Å². The summed E-state index contributed by atoms with van der Waals surface area (Å²) in [6.45, 7) is 13.0. The van der Waals surface area contributed by atoms with Crippen molar-refractivity contribution in [3.05, 3.63) is 56.0 Å². The molecule has 1 fully saturated rings. The van der Waals surface area contributed by atoms with Gasteiger partial charge < -0.3 is 34.0 Å². The number of rotatable bonds is 11. The van der Waals surface area contributed by atoms with Crippen LogP contribution in [-0.2, 0) is 0 Å². The zero-order valence-electron chi connectivity index (χ0n) is 19.4. The summed E-state index contributed by atoms with van der Waals surface area (Å²) in [6.07, 6.45) is 2.37. The molecule has 0 aliphatic carbocycles. The van der Waals surface area contributed by atoms with Gasteiger partial charge in [0.15, 0.2) is 0 Å². The fourth-order valence-electron chi connectivity index (χ4n) is 4.24. The summed E-state index contributed by atoms with van der Waals surface area (Å²) in [5.41, 5.74) is 15.4. The van der Waals surface area contributed by atoms with Gasteiger partial charge in [-0.05, 0) is 61.9 Å². The van der Waals surface area contributed by atoms with Gasteiger partial charge in [-0.2, -0.15) is 0 Å². The van der Waals surface area contributed by atoms with Crippen LogP contribution in [0.15, 0.2) is 48.5 Å². The van der Waals surface area contributed by atoms with E-state index >= 15 is 0 Å². The lowest BCUT2D eigenvalue weighted by Crippen LogP contribution is -2.60. The van der Waals surface area contributed by atoms with Crippen LogP contribution >= 0.6 is 0 Å². The number of benzene rings is 2. The third-order valence-corrected chi connectivity index (χ3v) is 6.39. The van der Waals surface area contributed by atoms with Crippen molar-refractivity contribution in [1.29, 1.82) is 0 Å². The predicted octanol–water partition coefficient (Wildman–Crippen LogP) is 3.76. The Kier molecular flexibility index (Phi) is 9.95. The van der Waals surface area contributed by atoms with Crippen molar-refractivity contribution in [2.24, 2.45) is 0 Å². The zero-order valence-corrected chi connectivity index (χ0v) is 19.4. The van der Waals surface area contributed by atoms with E-state index in [1.165, 1.54) is 63.1 Å². The van der Waals surface area contributed by atoms with Crippen LogP contribution in [0.5, 0.6) is 0 Å². The third kappa shape index (κ3) is 7.96. The SMILES string of the molecule is CC[N+]1(CCCNc2ccc(N)cc2)CCN(CCCNc2ccc(N)cc2)CC1.[CH3-]. The topological polar surface area (TPSA) is 79.3 Å². The van der Waals surface area contributed by atoms with Crippen LogP contribution in [0.4, 0.5) is 22.7 Å². The number of nitrogen functional groups attached to an aromatic ring is 2. The van der Waals surface area contributed by atoms with Gasteiger partial charge in [0, 0.05) is 61.9 Å². The molecule has 0 aromatic heterocycles. The number of nitrogens with two attached hydrogens (primary N) is 2. The number of hydrogen-bond donors (Lipinski definition) is 4. The van der Waals surface area contributed by atoms with Gasteiger partial charge in [0.1, 0.15) is 0 Å². The lowest BCUT2D eigenvalue weighted by atomic mass is 10.2. The molecule has 31 heavy (non-hydrogen) atoms. The number of nitrogens with zero attached hydrogens (tertiary/aromatic N) is 2. The van der Waals surface area contributed by atoms with Crippen LogP contribution in [0.25, 0.3) is 0 Å². The van der Waals surface area contributed by atoms with Gasteiger partial charge >= 0.3 is 0 Å². The van der Waals surface area contributed by atoms with Crippen molar-refractivity contribution in [2.45, 2.75) is 19.8 Å². The van der Waals surface area contributed by atoms with E-state index in [1.807, 2.05) is 36.4 Å². The molecule has 1 saturated heterocycles. The molecule has 0 spiro atoms. The summed E-state index contributed by atoms with van der Waals surface area (Å²) in [4.78, 5) is 2.63. The molecule has 172 valence electrons. The van der Waals surface area contributed by atoms with E-state index in [4.69, 9.17) is 11.5 Å². The highest BCUT2D eigenvalue weighted by atomic mass is 15.4. The Labute approximate surface area is 189 Å². The van der Waals surface area contributed by atoms with Crippen molar-refractivity contribution in [1.82, 2.24) is 4.90 Å². The first-order chi connectivity index (χ1) is 14.6. The van der Waals surface area contributed by atoms with Gasteiger partial charge in [-0.25, -0.2) is 0 Å². The minimum Gasteiger partial charge on any atom is -0.399 e. The Bertz CT molecular complexity index is 736. The Morgan fingerprint density at radius 1 is 0.806 bits per heavy atom. The Morgan fingerprint density at radius 3 is 1.77 bits per heavy atom. The van der Waals surface area contributed by atoms with Crippen molar-refractivity contribution in [3.63, 3.8) is 0 Å². The molecule has 2 aromatic carbocycles. The molecule has 1 aliphatic heterocycles. The Hall–Kier alpha value is -2.44. The van der Waals surface area contributed by atoms with E-state index in [1.54, 1.807) is 0 Å². The van der Waals surface area contributed by atoms with Crippen LogP contribution in [0.3, 0.4) is 0 Å². The average molecular weight is 427 g/mol. The molecule has 3 rings (SSSR count). The monoisotopic (exact) mass is 426 g/mol. The van der Waals surface area contributed by atoms with Crippen LogP contribution in [0.1, 0.15) is 19.8 Å². The van der Waals surface area contributed by atoms with Gasteiger partial charge in [0.05, 0.1) is 26.2 Å². The van der Waals surface area contributed by atoms with E-state index in [0.29, 0.717) is 0 Å². The molecule has 0 unspecified atom stereocenters.